The Morgan fingerprint density at radius 2 is 1.94 bits per heavy atom. The quantitative estimate of drug-likeness (QED) is 0.403. The van der Waals surface area contributed by atoms with E-state index in [1.807, 2.05) is 6.07 Å². The van der Waals surface area contributed by atoms with Crippen molar-refractivity contribution in [2.45, 2.75) is 19.8 Å². The van der Waals surface area contributed by atoms with E-state index in [0.29, 0.717) is 41.6 Å². The molecule has 1 aromatic carbocycles. The lowest BCUT2D eigenvalue weighted by molar-refractivity contribution is -0.121. The molecule has 32 heavy (non-hydrogen) atoms. The highest BCUT2D eigenvalue weighted by Crippen LogP contribution is 2.28. The van der Waals surface area contributed by atoms with E-state index in [2.05, 4.69) is 26.3 Å². The second kappa shape index (κ2) is 12.8. The average Bonchev–Trinajstić information content (AvgIpc) is 2.75. The molecule has 168 valence electrons. The van der Waals surface area contributed by atoms with Gasteiger partial charge in [-0.05, 0) is 36.8 Å². The van der Waals surface area contributed by atoms with Crippen LogP contribution in [0.3, 0.4) is 0 Å². The number of ether oxygens (including phenoxy) is 1. The third-order valence-electron chi connectivity index (χ3n) is 3.95. The number of halogens is 1. The summed E-state index contributed by atoms with van der Waals surface area (Å²) < 4.78 is 5.71. The predicted octanol–water partition coefficient (Wildman–Crippen LogP) is 2.66. The molecule has 4 N–H and O–H groups in total. The summed E-state index contributed by atoms with van der Waals surface area (Å²) in [6.45, 7) is 2.38. The van der Waals surface area contributed by atoms with Crippen molar-refractivity contribution in [2.75, 3.05) is 30.3 Å². The van der Waals surface area contributed by atoms with E-state index in [0.717, 1.165) is 0 Å². The fraction of sp³-hybridized carbons (Fsp3) is 0.286. The minimum atomic E-state index is -0.555. The van der Waals surface area contributed by atoms with Gasteiger partial charge < -0.3 is 20.7 Å². The van der Waals surface area contributed by atoms with Crippen molar-refractivity contribution in [3.8, 4) is 11.8 Å². The van der Waals surface area contributed by atoms with Gasteiger partial charge in [0.05, 0.1) is 17.9 Å². The minimum absolute atomic E-state index is 0.166. The number of nitrogens with one attached hydrogen (secondary N) is 4. The number of nitrogens with zero attached hydrogens (tertiary/aromatic N) is 2. The lowest BCUT2D eigenvalue weighted by Gasteiger charge is -2.14. The number of amides is 4. The first-order valence-electron chi connectivity index (χ1n) is 9.75. The second-order valence-corrected chi connectivity index (χ2v) is 6.98. The fourth-order valence-electron chi connectivity index (χ4n) is 2.45. The Balaban J connectivity index is 1.80. The Morgan fingerprint density at radius 1 is 1.12 bits per heavy atom. The molecule has 0 unspecified atom stereocenters. The normalized spacial score (nSPS) is 9.91. The summed E-state index contributed by atoms with van der Waals surface area (Å²) in [5.41, 5.74) is 0.744. The highest BCUT2D eigenvalue weighted by Gasteiger charge is 2.10. The SMILES string of the molecule is CC(=O)NCCC(=O)NCCCOc1ccc(Cl)cc1NC(=O)Nc1ccc(C#N)cn1. The Kier molecular flexibility index (Phi) is 9.74. The van der Waals surface area contributed by atoms with E-state index in [4.69, 9.17) is 21.6 Å². The molecule has 0 spiro atoms. The summed E-state index contributed by atoms with van der Waals surface area (Å²) in [7, 11) is 0. The van der Waals surface area contributed by atoms with Gasteiger partial charge in [-0.2, -0.15) is 5.26 Å². The topological polar surface area (TPSA) is 145 Å². The molecule has 10 nitrogen and oxygen atoms in total. The number of carbonyl (C=O) groups is 3. The molecule has 0 bridgehead atoms. The van der Waals surface area contributed by atoms with Gasteiger partial charge in [0.1, 0.15) is 17.6 Å². The van der Waals surface area contributed by atoms with Crippen molar-refractivity contribution in [1.82, 2.24) is 15.6 Å². The minimum Gasteiger partial charge on any atom is -0.491 e. The molecule has 0 aliphatic rings. The van der Waals surface area contributed by atoms with Gasteiger partial charge in [-0.3, -0.25) is 14.9 Å². The van der Waals surface area contributed by atoms with Crippen molar-refractivity contribution in [3.63, 3.8) is 0 Å². The van der Waals surface area contributed by atoms with Crippen LogP contribution >= 0.6 is 11.6 Å². The summed E-state index contributed by atoms with van der Waals surface area (Å²) in [6.07, 6.45) is 2.09. The molecule has 0 saturated heterocycles. The highest BCUT2D eigenvalue weighted by molar-refractivity contribution is 6.31. The largest absolute Gasteiger partial charge is 0.491 e. The first-order valence-corrected chi connectivity index (χ1v) is 10.1. The summed E-state index contributed by atoms with van der Waals surface area (Å²) in [4.78, 5) is 38.7. The standard InChI is InChI=1S/C21H23ClN6O4/c1-14(29)24-9-7-20(30)25-8-2-10-32-18-5-4-16(22)11-17(18)27-21(31)28-19-6-3-15(12-23)13-26-19/h3-6,11,13H,2,7-10H2,1H3,(H,24,29)(H,25,30)(H2,26,27,28,31). The van der Waals surface area contributed by atoms with Crippen LogP contribution in [0.15, 0.2) is 36.5 Å². The second-order valence-electron chi connectivity index (χ2n) is 6.55. The number of urea groups is 1. The van der Waals surface area contributed by atoms with E-state index in [1.54, 1.807) is 18.2 Å². The smallest absolute Gasteiger partial charge is 0.324 e. The third-order valence-corrected chi connectivity index (χ3v) is 4.19. The summed E-state index contributed by atoms with van der Waals surface area (Å²) in [5.74, 6) is 0.343. The van der Waals surface area contributed by atoms with E-state index in [1.165, 1.54) is 25.3 Å². The molecule has 1 heterocycles. The Bertz CT molecular complexity index is 991. The van der Waals surface area contributed by atoms with E-state index >= 15 is 0 Å². The zero-order valence-electron chi connectivity index (χ0n) is 17.4. The number of benzene rings is 1. The van der Waals surface area contributed by atoms with Crippen LogP contribution in [-0.2, 0) is 9.59 Å². The molecule has 0 fully saturated rings. The van der Waals surface area contributed by atoms with Crippen LogP contribution in [0.1, 0.15) is 25.3 Å². The number of anilines is 2. The third kappa shape index (κ3) is 8.89. The lowest BCUT2D eigenvalue weighted by Crippen LogP contribution is -2.30. The van der Waals surface area contributed by atoms with Crippen LogP contribution in [0.5, 0.6) is 5.75 Å². The Morgan fingerprint density at radius 3 is 2.62 bits per heavy atom. The first-order chi connectivity index (χ1) is 15.4. The fourth-order valence-corrected chi connectivity index (χ4v) is 2.62. The van der Waals surface area contributed by atoms with Crippen LogP contribution in [0.2, 0.25) is 5.02 Å². The van der Waals surface area contributed by atoms with Crippen LogP contribution in [0, 0.1) is 11.3 Å². The van der Waals surface area contributed by atoms with Crippen LogP contribution < -0.4 is 26.0 Å². The number of hydrogen-bond donors (Lipinski definition) is 4. The molecule has 0 aliphatic carbocycles. The van der Waals surface area contributed by atoms with Crippen LogP contribution in [-0.4, -0.2) is 42.5 Å². The number of rotatable bonds is 10. The molecule has 4 amide bonds. The van der Waals surface area contributed by atoms with Crippen molar-refractivity contribution >= 4 is 41.0 Å². The Hall–Kier alpha value is -3.84. The molecule has 0 saturated carbocycles. The van der Waals surface area contributed by atoms with E-state index in [-0.39, 0.29) is 30.6 Å². The van der Waals surface area contributed by atoms with Gasteiger partial charge in [0.15, 0.2) is 0 Å². The number of pyridine rings is 1. The molecular formula is C21H23ClN6O4. The lowest BCUT2D eigenvalue weighted by atomic mass is 10.3. The molecule has 0 radical (unpaired) electrons. The van der Waals surface area contributed by atoms with Gasteiger partial charge in [0.2, 0.25) is 11.8 Å². The van der Waals surface area contributed by atoms with Crippen LogP contribution in [0.25, 0.3) is 0 Å². The van der Waals surface area contributed by atoms with Crippen molar-refractivity contribution < 1.29 is 19.1 Å². The van der Waals surface area contributed by atoms with Gasteiger partial charge in [0.25, 0.3) is 0 Å². The molecule has 0 aliphatic heterocycles. The maximum absolute atomic E-state index is 12.3. The van der Waals surface area contributed by atoms with Crippen LogP contribution in [0.4, 0.5) is 16.3 Å². The number of aromatic nitrogens is 1. The molecular weight excluding hydrogens is 436 g/mol. The Labute approximate surface area is 190 Å². The molecule has 2 aromatic rings. The van der Waals surface area contributed by atoms with E-state index in [9.17, 15) is 14.4 Å². The first kappa shape index (κ1) is 24.4. The predicted molar refractivity (Wildman–Crippen MR) is 119 cm³/mol. The number of nitriles is 1. The number of carbonyl (C=O) groups excluding carboxylic acids is 3. The molecule has 0 atom stereocenters. The maximum Gasteiger partial charge on any atom is 0.324 e. The van der Waals surface area contributed by atoms with Crippen molar-refractivity contribution in [3.05, 3.63) is 47.1 Å². The van der Waals surface area contributed by atoms with Gasteiger partial charge in [-0.15, -0.1) is 0 Å². The van der Waals surface area contributed by atoms with Crippen molar-refractivity contribution in [2.24, 2.45) is 0 Å². The maximum atomic E-state index is 12.3. The molecule has 11 heteroatoms. The van der Waals surface area contributed by atoms with Crippen molar-refractivity contribution in [1.29, 1.82) is 5.26 Å². The zero-order chi connectivity index (χ0) is 23.3. The molecule has 2 rings (SSSR count). The summed E-state index contributed by atoms with van der Waals surface area (Å²) in [6, 6.07) is 9.25. The van der Waals surface area contributed by atoms with E-state index < -0.39 is 6.03 Å². The summed E-state index contributed by atoms with van der Waals surface area (Å²) in [5, 5.41) is 19.7. The van der Waals surface area contributed by atoms with Gasteiger partial charge >= 0.3 is 6.03 Å². The monoisotopic (exact) mass is 458 g/mol. The van der Waals surface area contributed by atoms with Gasteiger partial charge in [0, 0.05) is 37.7 Å². The highest BCUT2D eigenvalue weighted by atomic mass is 35.5. The van der Waals surface area contributed by atoms with Gasteiger partial charge in [-0.25, -0.2) is 9.78 Å². The van der Waals surface area contributed by atoms with Gasteiger partial charge in [-0.1, -0.05) is 11.6 Å². The average molecular weight is 459 g/mol. The molecule has 1 aromatic heterocycles. The zero-order valence-corrected chi connectivity index (χ0v) is 18.2. The summed E-state index contributed by atoms with van der Waals surface area (Å²) >= 11 is 6.03. The number of hydrogen-bond acceptors (Lipinski definition) is 6.